The maximum Gasteiger partial charge on any atom is 0.283 e. The Bertz CT molecular complexity index is 649. The molecule has 0 amide bonds. The second-order valence-electron chi connectivity index (χ2n) is 4.44. The van der Waals surface area contributed by atoms with Crippen LogP contribution in [-0.2, 0) is 0 Å². The molecular weight excluding hydrogens is 288 g/mol. The van der Waals surface area contributed by atoms with Crippen molar-refractivity contribution in [1.29, 1.82) is 0 Å². The highest BCUT2D eigenvalue weighted by Crippen LogP contribution is 2.35. The molecule has 0 unspecified atom stereocenters. The van der Waals surface area contributed by atoms with E-state index in [9.17, 15) is 10.1 Å². The van der Waals surface area contributed by atoms with Crippen LogP contribution in [0, 0.1) is 17.0 Å². The van der Waals surface area contributed by atoms with E-state index in [-0.39, 0.29) is 10.6 Å². The third kappa shape index (κ3) is 3.91. The average molecular weight is 304 g/mol. The maximum atomic E-state index is 11.1. The molecule has 7 heteroatoms. The van der Waals surface area contributed by atoms with Crippen molar-refractivity contribution in [3.63, 3.8) is 0 Å². The Labute approximate surface area is 127 Å². The van der Waals surface area contributed by atoms with Crippen molar-refractivity contribution in [3.8, 4) is 0 Å². The van der Waals surface area contributed by atoms with Crippen LogP contribution >= 0.6 is 11.8 Å². The van der Waals surface area contributed by atoms with E-state index in [0.29, 0.717) is 10.8 Å². The van der Waals surface area contributed by atoms with Crippen molar-refractivity contribution in [2.75, 3.05) is 11.9 Å². The summed E-state index contributed by atoms with van der Waals surface area (Å²) in [6.07, 6.45) is 2.70. The van der Waals surface area contributed by atoms with Crippen LogP contribution < -0.4 is 5.32 Å². The van der Waals surface area contributed by atoms with Gasteiger partial charge in [-0.05, 0) is 19.4 Å². The summed E-state index contributed by atoms with van der Waals surface area (Å²) >= 11 is 1.28. The predicted molar refractivity (Wildman–Crippen MR) is 82.8 cm³/mol. The van der Waals surface area contributed by atoms with E-state index in [4.69, 9.17) is 0 Å². The first-order valence-electron chi connectivity index (χ1n) is 6.60. The number of nitrogens with one attached hydrogen (secondary N) is 1. The van der Waals surface area contributed by atoms with E-state index in [0.717, 1.165) is 23.6 Å². The second-order valence-corrected chi connectivity index (χ2v) is 5.47. The highest BCUT2D eigenvalue weighted by molar-refractivity contribution is 7.99. The Balaban J connectivity index is 2.29. The molecule has 2 aromatic rings. The number of anilines is 1. The van der Waals surface area contributed by atoms with Gasteiger partial charge in [-0.25, -0.2) is 9.97 Å². The van der Waals surface area contributed by atoms with E-state index < -0.39 is 0 Å². The fourth-order valence-electron chi connectivity index (χ4n) is 1.65. The molecule has 0 aliphatic carbocycles. The van der Waals surface area contributed by atoms with Gasteiger partial charge in [0, 0.05) is 24.4 Å². The van der Waals surface area contributed by atoms with Gasteiger partial charge in [-0.15, -0.1) is 0 Å². The largest absolute Gasteiger partial charge is 0.354 e. The zero-order chi connectivity index (χ0) is 15.2. The lowest BCUT2D eigenvalue weighted by Crippen LogP contribution is -2.05. The quantitative estimate of drug-likeness (QED) is 0.498. The number of benzene rings is 1. The molecular formula is C14H16N4O2S. The van der Waals surface area contributed by atoms with Gasteiger partial charge in [-0.1, -0.05) is 30.8 Å². The molecule has 21 heavy (non-hydrogen) atoms. The molecule has 1 aromatic carbocycles. The first-order valence-corrected chi connectivity index (χ1v) is 7.42. The second kappa shape index (κ2) is 7.03. The molecule has 0 radical (unpaired) electrons. The van der Waals surface area contributed by atoms with Gasteiger partial charge in [0.15, 0.2) is 0 Å². The zero-order valence-corrected chi connectivity index (χ0v) is 12.7. The smallest absolute Gasteiger partial charge is 0.283 e. The molecule has 1 N–H and O–H groups in total. The lowest BCUT2D eigenvalue weighted by atomic mass is 10.3. The number of nitro benzene ring substituents is 1. The molecule has 0 saturated heterocycles. The molecule has 1 aromatic heterocycles. The molecule has 0 fully saturated rings. The zero-order valence-electron chi connectivity index (χ0n) is 11.9. The number of hydrogen-bond donors (Lipinski definition) is 1. The van der Waals surface area contributed by atoms with Crippen LogP contribution in [0.2, 0.25) is 0 Å². The molecule has 110 valence electrons. The first kappa shape index (κ1) is 15.2. The Morgan fingerprint density at radius 1 is 1.38 bits per heavy atom. The third-order valence-corrected chi connectivity index (χ3v) is 3.90. The SMILES string of the molecule is CCCNc1ncc(C)c(Sc2ccccc2[N+](=O)[O-])n1. The minimum Gasteiger partial charge on any atom is -0.354 e. The molecule has 6 nitrogen and oxygen atoms in total. The number of rotatable bonds is 6. The van der Waals surface area contributed by atoms with Crippen LogP contribution in [0.3, 0.4) is 0 Å². The molecule has 0 atom stereocenters. The predicted octanol–water partition coefficient (Wildman–Crippen LogP) is 3.67. The van der Waals surface area contributed by atoms with Crippen molar-refractivity contribution >= 4 is 23.4 Å². The van der Waals surface area contributed by atoms with Gasteiger partial charge in [0.1, 0.15) is 5.03 Å². The van der Waals surface area contributed by atoms with Gasteiger partial charge in [0.05, 0.1) is 9.82 Å². The summed E-state index contributed by atoms with van der Waals surface area (Å²) in [4.78, 5) is 19.9. The highest BCUT2D eigenvalue weighted by Gasteiger charge is 2.15. The van der Waals surface area contributed by atoms with Crippen molar-refractivity contribution in [1.82, 2.24) is 9.97 Å². The van der Waals surface area contributed by atoms with Crippen molar-refractivity contribution in [3.05, 3.63) is 46.1 Å². The van der Waals surface area contributed by atoms with Crippen LogP contribution in [0.4, 0.5) is 11.6 Å². The van der Waals surface area contributed by atoms with Crippen LogP contribution in [0.15, 0.2) is 40.4 Å². The van der Waals surface area contributed by atoms with Crippen molar-refractivity contribution in [2.45, 2.75) is 30.2 Å². The Morgan fingerprint density at radius 3 is 2.86 bits per heavy atom. The number of hydrogen-bond acceptors (Lipinski definition) is 6. The molecule has 0 spiro atoms. The van der Waals surface area contributed by atoms with E-state index in [2.05, 4.69) is 22.2 Å². The molecule has 0 aliphatic heterocycles. The summed E-state index contributed by atoms with van der Waals surface area (Å²) in [6.45, 7) is 4.74. The Kier molecular flexibility index (Phi) is 5.10. The number of para-hydroxylation sites is 1. The third-order valence-electron chi connectivity index (χ3n) is 2.73. The molecule has 0 aliphatic rings. The summed E-state index contributed by atoms with van der Waals surface area (Å²) in [5.41, 5.74) is 0.976. The summed E-state index contributed by atoms with van der Waals surface area (Å²) in [5, 5.41) is 14.9. The summed E-state index contributed by atoms with van der Waals surface area (Å²) in [6, 6.07) is 6.66. The van der Waals surface area contributed by atoms with Gasteiger partial charge in [-0.3, -0.25) is 10.1 Å². The van der Waals surface area contributed by atoms with E-state index >= 15 is 0 Å². The average Bonchev–Trinajstić information content (AvgIpc) is 2.48. The van der Waals surface area contributed by atoms with Gasteiger partial charge in [0.25, 0.3) is 5.69 Å². The summed E-state index contributed by atoms with van der Waals surface area (Å²) in [5.74, 6) is 0.545. The van der Waals surface area contributed by atoms with E-state index in [1.54, 1.807) is 24.4 Å². The summed E-state index contributed by atoms with van der Waals surface area (Å²) in [7, 11) is 0. The minimum atomic E-state index is -0.380. The number of nitro groups is 1. The fraction of sp³-hybridized carbons (Fsp3) is 0.286. The molecule has 2 rings (SSSR count). The summed E-state index contributed by atoms with van der Waals surface area (Å²) < 4.78 is 0. The highest BCUT2D eigenvalue weighted by atomic mass is 32.2. The number of nitrogens with zero attached hydrogens (tertiary/aromatic N) is 3. The van der Waals surface area contributed by atoms with Crippen LogP contribution in [0.1, 0.15) is 18.9 Å². The number of aromatic nitrogens is 2. The number of aryl methyl sites for hydroxylation is 1. The minimum absolute atomic E-state index is 0.0866. The normalized spacial score (nSPS) is 10.4. The van der Waals surface area contributed by atoms with E-state index in [1.165, 1.54) is 17.8 Å². The Morgan fingerprint density at radius 2 is 2.14 bits per heavy atom. The lowest BCUT2D eigenvalue weighted by Gasteiger charge is -2.08. The van der Waals surface area contributed by atoms with Gasteiger partial charge in [0.2, 0.25) is 5.95 Å². The van der Waals surface area contributed by atoms with Gasteiger partial charge in [-0.2, -0.15) is 0 Å². The first-order chi connectivity index (χ1) is 10.1. The van der Waals surface area contributed by atoms with E-state index in [1.807, 2.05) is 6.92 Å². The monoisotopic (exact) mass is 304 g/mol. The molecule has 0 saturated carbocycles. The van der Waals surface area contributed by atoms with Crippen LogP contribution in [0.25, 0.3) is 0 Å². The van der Waals surface area contributed by atoms with Crippen molar-refractivity contribution < 1.29 is 4.92 Å². The van der Waals surface area contributed by atoms with Crippen LogP contribution in [-0.4, -0.2) is 21.4 Å². The van der Waals surface area contributed by atoms with Crippen molar-refractivity contribution in [2.24, 2.45) is 0 Å². The maximum absolute atomic E-state index is 11.1. The standard InChI is InChI=1S/C14H16N4O2S/c1-3-8-15-14-16-9-10(2)13(17-14)21-12-7-5-4-6-11(12)18(19)20/h4-7,9H,3,8H2,1-2H3,(H,15,16,17). The lowest BCUT2D eigenvalue weighted by molar-refractivity contribution is -0.387. The molecule has 1 heterocycles. The van der Waals surface area contributed by atoms with Gasteiger partial charge >= 0.3 is 0 Å². The fourth-order valence-corrected chi connectivity index (χ4v) is 2.60. The van der Waals surface area contributed by atoms with Crippen LogP contribution in [0.5, 0.6) is 0 Å². The van der Waals surface area contributed by atoms with Gasteiger partial charge < -0.3 is 5.32 Å². The Hall–Kier alpha value is -2.15. The topological polar surface area (TPSA) is 81.0 Å². The molecule has 0 bridgehead atoms.